The molecule has 0 radical (unpaired) electrons. The van der Waals surface area contributed by atoms with E-state index in [1.165, 1.54) is 0 Å². The molecule has 2 aromatic rings. The average molecular weight is 474 g/mol. The van der Waals surface area contributed by atoms with Crippen LogP contribution in [0.5, 0.6) is 5.75 Å². The van der Waals surface area contributed by atoms with E-state index in [1.807, 2.05) is 12.1 Å². The highest BCUT2D eigenvalue weighted by Gasteiger charge is 2.53. The predicted molar refractivity (Wildman–Crippen MR) is 126 cm³/mol. The van der Waals surface area contributed by atoms with Crippen molar-refractivity contribution in [2.75, 3.05) is 25.9 Å². The molecule has 2 aliphatic rings. The van der Waals surface area contributed by atoms with Crippen LogP contribution >= 0.6 is 0 Å². The maximum absolute atomic E-state index is 14.0. The maximum Gasteiger partial charge on any atom is 0.257 e. The van der Waals surface area contributed by atoms with E-state index in [9.17, 15) is 18.7 Å². The molecule has 1 unspecified atom stereocenters. The van der Waals surface area contributed by atoms with Crippen LogP contribution in [0.15, 0.2) is 48.5 Å². The Hall–Kier alpha value is -2.71. The van der Waals surface area contributed by atoms with Crippen molar-refractivity contribution >= 4 is 11.6 Å². The average Bonchev–Trinajstić information content (AvgIpc) is 3.20. The summed E-state index contributed by atoms with van der Waals surface area (Å²) in [4.78, 5) is 15.6. The number of carbonyl (C=O) groups excluding carboxylic acids is 1. The third-order valence-electron chi connectivity index (χ3n) is 7.11. The summed E-state index contributed by atoms with van der Waals surface area (Å²) >= 11 is 0. The topological polar surface area (TPSA) is 87.8 Å². The Morgan fingerprint density at radius 3 is 2.53 bits per heavy atom. The molecule has 1 saturated carbocycles. The number of aliphatic hydroxyl groups is 1. The lowest BCUT2D eigenvalue weighted by atomic mass is 9.79. The number of hydrogen-bond acceptors (Lipinski definition) is 5. The number of carbonyl (C=O) groups is 1. The number of rotatable bonds is 7. The molecule has 2 atom stereocenters. The van der Waals surface area contributed by atoms with Crippen LogP contribution in [0.4, 0.5) is 14.5 Å². The highest BCUT2D eigenvalue weighted by atomic mass is 19.3. The van der Waals surface area contributed by atoms with Crippen molar-refractivity contribution in [3.8, 4) is 5.75 Å². The number of ether oxygens (including phenoxy) is 1. The first-order chi connectivity index (χ1) is 16.2. The lowest BCUT2D eigenvalue weighted by molar-refractivity contribution is -0.149. The molecule has 1 saturated heterocycles. The minimum atomic E-state index is -2.86. The van der Waals surface area contributed by atoms with Gasteiger partial charge in [0.05, 0.1) is 7.11 Å². The van der Waals surface area contributed by atoms with Gasteiger partial charge in [0.2, 0.25) is 5.92 Å². The number of nitrogen functional groups attached to an aromatic ring is 1. The number of nitrogens with one attached hydrogen (secondary N) is 1. The van der Waals surface area contributed by atoms with Crippen molar-refractivity contribution in [2.45, 2.75) is 56.2 Å². The number of nitrogens with two attached hydrogens (primary N) is 1. The van der Waals surface area contributed by atoms with Crippen LogP contribution in [0.1, 0.15) is 43.2 Å². The van der Waals surface area contributed by atoms with Gasteiger partial charge in [0.15, 0.2) is 5.60 Å². The smallest absolute Gasteiger partial charge is 0.257 e. The number of hydrogen-bond donors (Lipinski definition) is 3. The first kappa shape index (κ1) is 24.4. The van der Waals surface area contributed by atoms with Crippen molar-refractivity contribution in [3.05, 3.63) is 59.7 Å². The molecule has 34 heavy (non-hydrogen) atoms. The third kappa shape index (κ3) is 5.33. The molecule has 1 amide bonds. The molecule has 8 heteroatoms. The highest BCUT2D eigenvalue weighted by molar-refractivity contribution is 5.87. The normalized spacial score (nSPS) is 22.8. The quantitative estimate of drug-likeness (QED) is 0.534. The van der Waals surface area contributed by atoms with Crippen molar-refractivity contribution in [1.82, 2.24) is 10.2 Å². The minimum Gasteiger partial charge on any atom is -0.497 e. The van der Waals surface area contributed by atoms with Gasteiger partial charge in [-0.3, -0.25) is 9.69 Å². The zero-order chi connectivity index (χ0) is 24.3. The standard InChI is InChI=1S/C26H33F2N3O3/c1-34-23-14-18(13-21(29)15-23)17-31-11-8-22(9-12-31)30-24(32)26(33,19-5-3-2-4-6-19)20-7-10-25(27,28)16-20/h2-6,13-15,20,22,33H,7-12,16-17,29H2,1H3,(H,30,32)/t20?,26-/m0/s1. The monoisotopic (exact) mass is 473 g/mol. The molecular weight excluding hydrogens is 440 g/mol. The molecule has 0 bridgehead atoms. The molecule has 6 nitrogen and oxygen atoms in total. The van der Waals surface area contributed by atoms with Crippen LogP contribution in [0.2, 0.25) is 0 Å². The number of amides is 1. The fraction of sp³-hybridized carbons (Fsp3) is 0.500. The van der Waals surface area contributed by atoms with E-state index in [0.717, 1.165) is 24.4 Å². The second-order valence-electron chi connectivity index (χ2n) is 9.57. The minimum absolute atomic E-state index is 0.105. The van der Waals surface area contributed by atoms with Crippen molar-refractivity contribution in [2.24, 2.45) is 5.92 Å². The van der Waals surface area contributed by atoms with Crippen molar-refractivity contribution in [1.29, 1.82) is 0 Å². The number of benzene rings is 2. The largest absolute Gasteiger partial charge is 0.497 e. The molecule has 2 aromatic carbocycles. The number of alkyl halides is 2. The zero-order valence-corrected chi connectivity index (χ0v) is 19.5. The van der Waals surface area contributed by atoms with Crippen molar-refractivity contribution < 1.29 is 23.4 Å². The summed E-state index contributed by atoms with van der Waals surface area (Å²) in [5.41, 5.74) is 6.05. The molecular formula is C26H33F2N3O3. The van der Waals surface area contributed by atoms with Gasteiger partial charge in [-0.2, -0.15) is 0 Å². The van der Waals surface area contributed by atoms with E-state index in [0.29, 0.717) is 30.6 Å². The van der Waals surface area contributed by atoms with E-state index in [-0.39, 0.29) is 18.9 Å². The van der Waals surface area contributed by atoms with Crippen LogP contribution in [0.25, 0.3) is 0 Å². The number of methoxy groups -OCH3 is 1. The Morgan fingerprint density at radius 1 is 1.21 bits per heavy atom. The second kappa shape index (κ2) is 9.88. The van der Waals surface area contributed by atoms with Gasteiger partial charge < -0.3 is 20.9 Å². The fourth-order valence-corrected chi connectivity index (χ4v) is 5.24. The SMILES string of the molecule is COc1cc(N)cc(CN2CCC(NC(=O)[C@](O)(c3ccccc3)C3CCC(F)(F)C3)CC2)c1. The first-order valence-corrected chi connectivity index (χ1v) is 11.8. The lowest BCUT2D eigenvalue weighted by Crippen LogP contribution is -2.54. The molecule has 4 N–H and O–H groups in total. The molecule has 2 fully saturated rings. The van der Waals surface area contributed by atoms with E-state index in [1.54, 1.807) is 43.5 Å². The van der Waals surface area contributed by atoms with Crippen LogP contribution in [-0.4, -0.2) is 48.1 Å². The van der Waals surface area contributed by atoms with Gasteiger partial charge in [0.25, 0.3) is 5.91 Å². The summed E-state index contributed by atoms with van der Waals surface area (Å²) in [6.07, 6.45) is 0.711. The Kier molecular flexibility index (Phi) is 7.09. The summed E-state index contributed by atoms with van der Waals surface area (Å²) < 4.78 is 33.3. The Bertz CT molecular complexity index is 996. The number of anilines is 1. The van der Waals surface area contributed by atoms with E-state index >= 15 is 0 Å². The zero-order valence-electron chi connectivity index (χ0n) is 19.5. The van der Waals surface area contributed by atoms with Gasteiger partial charge in [-0.1, -0.05) is 30.3 Å². The van der Waals surface area contributed by atoms with E-state index in [2.05, 4.69) is 10.2 Å². The van der Waals surface area contributed by atoms with E-state index in [4.69, 9.17) is 10.5 Å². The van der Waals surface area contributed by atoms with Crippen LogP contribution in [-0.2, 0) is 16.9 Å². The highest BCUT2D eigenvalue weighted by Crippen LogP contribution is 2.47. The lowest BCUT2D eigenvalue weighted by Gasteiger charge is -2.37. The van der Waals surface area contributed by atoms with Gasteiger partial charge in [-0.05, 0) is 42.5 Å². The van der Waals surface area contributed by atoms with Gasteiger partial charge in [-0.15, -0.1) is 0 Å². The predicted octanol–water partition coefficient (Wildman–Crippen LogP) is 3.68. The van der Waals surface area contributed by atoms with Gasteiger partial charge in [-0.25, -0.2) is 8.78 Å². The number of nitrogens with zero attached hydrogens (tertiary/aromatic N) is 1. The molecule has 1 aliphatic carbocycles. The maximum atomic E-state index is 14.0. The number of halogens is 2. The molecule has 4 rings (SSSR count). The Morgan fingerprint density at radius 2 is 1.91 bits per heavy atom. The fourth-order valence-electron chi connectivity index (χ4n) is 5.24. The van der Waals surface area contributed by atoms with Gasteiger partial charge in [0.1, 0.15) is 5.75 Å². The van der Waals surface area contributed by atoms with Crippen LogP contribution in [0.3, 0.4) is 0 Å². The van der Waals surface area contributed by atoms with Crippen LogP contribution < -0.4 is 15.8 Å². The third-order valence-corrected chi connectivity index (χ3v) is 7.11. The summed E-state index contributed by atoms with van der Waals surface area (Å²) in [6, 6.07) is 14.0. The van der Waals surface area contributed by atoms with Gasteiger partial charge >= 0.3 is 0 Å². The summed E-state index contributed by atoms with van der Waals surface area (Å²) in [6.45, 7) is 2.23. The second-order valence-corrected chi connectivity index (χ2v) is 9.57. The number of piperidine rings is 1. The molecule has 184 valence electrons. The molecule has 1 heterocycles. The Labute approximate surface area is 199 Å². The summed E-state index contributed by atoms with van der Waals surface area (Å²) in [5.74, 6) is -3.55. The summed E-state index contributed by atoms with van der Waals surface area (Å²) in [5, 5.41) is 14.5. The summed E-state index contributed by atoms with van der Waals surface area (Å²) in [7, 11) is 1.61. The Balaban J connectivity index is 1.40. The molecule has 0 spiro atoms. The first-order valence-electron chi connectivity index (χ1n) is 11.8. The van der Waals surface area contributed by atoms with Crippen LogP contribution in [0, 0.1) is 5.92 Å². The molecule has 1 aliphatic heterocycles. The van der Waals surface area contributed by atoms with E-state index < -0.39 is 29.8 Å². The molecule has 0 aromatic heterocycles. The van der Waals surface area contributed by atoms with Gasteiger partial charge in [0, 0.05) is 56.2 Å². The van der Waals surface area contributed by atoms with Crippen molar-refractivity contribution in [3.63, 3.8) is 0 Å². The number of likely N-dealkylation sites (tertiary alicyclic amines) is 1.